The van der Waals surface area contributed by atoms with Gasteiger partial charge in [0.15, 0.2) is 23.0 Å². The van der Waals surface area contributed by atoms with Gasteiger partial charge in [0, 0.05) is 17.7 Å². The Kier molecular flexibility index (Phi) is 4.22. The molecule has 0 saturated carbocycles. The lowest BCUT2D eigenvalue weighted by Crippen LogP contribution is -2.45. The second-order valence-corrected chi connectivity index (χ2v) is 6.48. The number of urea groups is 1. The standard InChI is InChI=1S/C20H22N2O5/c1-24-16-7-11-5-6-14-12-8-17(25-2)18(26-3)9-13(12)21-20(23)22(14)15(11)10-19(16)27-4/h7-10,14H,5-6H2,1-4H3,(H,21,23). The quantitative estimate of drug-likeness (QED) is 0.887. The van der Waals surface area contributed by atoms with E-state index in [2.05, 4.69) is 5.32 Å². The lowest BCUT2D eigenvalue weighted by molar-refractivity contribution is 0.252. The molecule has 1 unspecified atom stereocenters. The van der Waals surface area contributed by atoms with Gasteiger partial charge in [-0.2, -0.15) is 0 Å². The van der Waals surface area contributed by atoms with Crippen molar-refractivity contribution >= 4 is 17.4 Å². The summed E-state index contributed by atoms with van der Waals surface area (Å²) in [4.78, 5) is 14.7. The minimum absolute atomic E-state index is 0.0841. The molecular formula is C20H22N2O5. The number of aryl methyl sites for hydroxylation is 1. The van der Waals surface area contributed by atoms with Crippen molar-refractivity contribution in [2.75, 3.05) is 38.7 Å². The lowest BCUT2D eigenvalue weighted by atomic mass is 9.88. The first-order valence-corrected chi connectivity index (χ1v) is 8.72. The molecule has 2 aromatic rings. The summed E-state index contributed by atoms with van der Waals surface area (Å²) >= 11 is 0. The molecule has 2 aromatic carbocycles. The first kappa shape index (κ1) is 17.3. The van der Waals surface area contributed by atoms with E-state index in [1.54, 1.807) is 33.3 Å². The molecule has 2 heterocycles. The maximum absolute atomic E-state index is 12.9. The number of rotatable bonds is 4. The van der Waals surface area contributed by atoms with Crippen LogP contribution in [0, 0.1) is 0 Å². The Labute approximate surface area is 157 Å². The molecule has 27 heavy (non-hydrogen) atoms. The molecule has 7 nitrogen and oxygen atoms in total. The van der Waals surface area contributed by atoms with E-state index in [1.807, 2.05) is 24.3 Å². The molecule has 2 aliphatic heterocycles. The number of benzene rings is 2. The Morgan fingerprint density at radius 2 is 1.48 bits per heavy atom. The van der Waals surface area contributed by atoms with Crippen LogP contribution in [0.25, 0.3) is 0 Å². The van der Waals surface area contributed by atoms with Crippen molar-refractivity contribution in [3.05, 3.63) is 35.4 Å². The second kappa shape index (κ2) is 6.57. The van der Waals surface area contributed by atoms with Gasteiger partial charge < -0.3 is 24.3 Å². The number of ether oxygens (including phenoxy) is 4. The Morgan fingerprint density at radius 3 is 2.15 bits per heavy atom. The number of anilines is 2. The predicted molar refractivity (Wildman–Crippen MR) is 102 cm³/mol. The number of amides is 2. The maximum Gasteiger partial charge on any atom is 0.326 e. The van der Waals surface area contributed by atoms with Crippen molar-refractivity contribution < 1.29 is 23.7 Å². The molecule has 0 aromatic heterocycles. The van der Waals surface area contributed by atoms with Crippen LogP contribution in [0.3, 0.4) is 0 Å². The van der Waals surface area contributed by atoms with Crippen LogP contribution in [0.15, 0.2) is 24.3 Å². The van der Waals surface area contributed by atoms with E-state index in [4.69, 9.17) is 18.9 Å². The van der Waals surface area contributed by atoms with Crippen LogP contribution >= 0.6 is 0 Å². The van der Waals surface area contributed by atoms with E-state index in [0.717, 1.165) is 35.3 Å². The molecular weight excluding hydrogens is 348 g/mol. The van der Waals surface area contributed by atoms with E-state index in [0.29, 0.717) is 23.0 Å². The molecule has 7 heteroatoms. The van der Waals surface area contributed by atoms with Crippen molar-refractivity contribution in [3.63, 3.8) is 0 Å². The first-order chi connectivity index (χ1) is 13.1. The zero-order valence-corrected chi connectivity index (χ0v) is 15.8. The number of hydrogen-bond acceptors (Lipinski definition) is 5. The SMILES string of the molecule is COc1cc2c(cc1OC)N1C(=O)Nc3cc(OC)c(OC)cc3C1CC2. The summed E-state index contributed by atoms with van der Waals surface area (Å²) in [7, 11) is 6.39. The molecule has 2 amide bonds. The minimum Gasteiger partial charge on any atom is -0.493 e. The van der Waals surface area contributed by atoms with Crippen LogP contribution in [-0.2, 0) is 6.42 Å². The van der Waals surface area contributed by atoms with Gasteiger partial charge in [-0.15, -0.1) is 0 Å². The number of fused-ring (bicyclic) bond motifs is 5. The van der Waals surface area contributed by atoms with E-state index in [-0.39, 0.29) is 12.1 Å². The van der Waals surface area contributed by atoms with Crippen LogP contribution in [0.2, 0.25) is 0 Å². The molecule has 4 rings (SSSR count). The number of hydrogen-bond donors (Lipinski definition) is 1. The molecule has 0 fully saturated rings. The summed E-state index contributed by atoms with van der Waals surface area (Å²) in [6.45, 7) is 0. The van der Waals surface area contributed by atoms with Gasteiger partial charge in [-0.25, -0.2) is 4.79 Å². The summed E-state index contributed by atoms with van der Waals surface area (Å²) in [6.07, 6.45) is 1.64. The van der Waals surface area contributed by atoms with Gasteiger partial charge in [-0.3, -0.25) is 4.90 Å². The monoisotopic (exact) mass is 370 g/mol. The average Bonchev–Trinajstić information content (AvgIpc) is 2.71. The highest BCUT2D eigenvalue weighted by atomic mass is 16.5. The van der Waals surface area contributed by atoms with Gasteiger partial charge in [0.05, 0.1) is 45.9 Å². The third kappa shape index (κ3) is 2.61. The van der Waals surface area contributed by atoms with Crippen molar-refractivity contribution in [2.45, 2.75) is 18.9 Å². The molecule has 0 radical (unpaired) electrons. The number of nitrogens with one attached hydrogen (secondary N) is 1. The van der Waals surface area contributed by atoms with Gasteiger partial charge in [-0.1, -0.05) is 0 Å². The number of nitrogens with zero attached hydrogens (tertiary/aromatic N) is 1. The fraction of sp³-hybridized carbons (Fsp3) is 0.350. The number of methoxy groups -OCH3 is 4. The van der Waals surface area contributed by atoms with Crippen molar-refractivity contribution in [2.24, 2.45) is 0 Å². The Morgan fingerprint density at radius 1 is 0.889 bits per heavy atom. The summed E-state index contributed by atoms with van der Waals surface area (Å²) in [6, 6.07) is 7.31. The average molecular weight is 370 g/mol. The van der Waals surface area contributed by atoms with Crippen LogP contribution in [0.5, 0.6) is 23.0 Å². The summed E-state index contributed by atoms with van der Waals surface area (Å²) in [5.41, 5.74) is 3.65. The molecule has 0 bridgehead atoms. The molecule has 2 aliphatic rings. The fourth-order valence-corrected chi connectivity index (χ4v) is 3.92. The highest BCUT2D eigenvalue weighted by Gasteiger charge is 2.38. The highest BCUT2D eigenvalue weighted by molar-refractivity contribution is 6.06. The fourth-order valence-electron chi connectivity index (χ4n) is 3.92. The zero-order chi connectivity index (χ0) is 19.1. The highest BCUT2D eigenvalue weighted by Crippen LogP contribution is 2.49. The Balaban J connectivity index is 1.84. The second-order valence-electron chi connectivity index (χ2n) is 6.48. The van der Waals surface area contributed by atoms with E-state index < -0.39 is 0 Å². The minimum atomic E-state index is -0.173. The summed E-state index contributed by atoms with van der Waals surface area (Å²) in [5.74, 6) is 2.50. The summed E-state index contributed by atoms with van der Waals surface area (Å²) < 4.78 is 21.7. The largest absolute Gasteiger partial charge is 0.493 e. The van der Waals surface area contributed by atoms with Crippen molar-refractivity contribution in [3.8, 4) is 23.0 Å². The third-order valence-electron chi connectivity index (χ3n) is 5.22. The lowest BCUT2D eigenvalue weighted by Gasteiger charge is -2.42. The van der Waals surface area contributed by atoms with Crippen molar-refractivity contribution in [1.82, 2.24) is 0 Å². The first-order valence-electron chi connectivity index (χ1n) is 8.72. The normalized spacial score (nSPS) is 17.3. The third-order valence-corrected chi connectivity index (χ3v) is 5.22. The van der Waals surface area contributed by atoms with Gasteiger partial charge in [-0.05, 0) is 30.5 Å². The van der Waals surface area contributed by atoms with E-state index >= 15 is 0 Å². The zero-order valence-electron chi connectivity index (χ0n) is 15.8. The molecule has 0 saturated heterocycles. The smallest absolute Gasteiger partial charge is 0.326 e. The van der Waals surface area contributed by atoms with E-state index in [9.17, 15) is 4.79 Å². The van der Waals surface area contributed by atoms with E-state index in [1.165, 1.54) is 0 Å². The van der Waals surface area contributed by atoms with Gasteiger partial charge in [0.1, 0.15) is 0 Å². The van der Waals surface area contributed by atoms with Crippen LogP contribution in [-0.4, -0.2) is 34.5 Å². The molecule has 0 aliphatic carbocycles. The molecule has 1 atom stereocenters. The van der Waals surface area contributed by atoms with Gasteiger partial charge in [0.25, 0.3) is 0 Å². The van der Waals surface area contributed by atoms with Crippen molar-refractivity contribution in [1.29, 1.82) is 0 Å². The predicted octanol–water partition coefficient (Wildman–Crippen LogP) is 3.76. The topological polar surface area (TPSA) is 69.3 Å². The van der Waals surface area contributed by atoms with Gasteiger partial charge in [0.2, 0.25) is 0 Å². The summed E-state index contributed by atoms with van der Waals surface area (Å²) in [5, 5.41) is 2.97. The Bertz CT molecular complexity index is 912. The molecule has 142 valence electrons. The number of carbonyl (C=O) groups excluding carboxylic acids is 1. The Hall–Kier alpha value is -3.09. The maximum atomic E-state index is 12.9. The van der Waals surface area contributed by atoms with Crippen LogP contribution in [0.4, 0.5) is 16.2 Å². The van der Waals surface area contributed by atoms with Gasteiger partial charge >= 0.3 is 6.03 Å². The van der Waals surface area contributed by atoms with Crippen LogP contribution in [0.1, 0.15) is 23.6 Å². The number of carbonyl (C=O) groups is 1. The van der Waals surface area contributed by atoms with Crippen LogP contribution < -0.4 is 29.2 Å². The molecule has 1 N–H and O–H groups in total. The molecule has 0 spiro atoms.